The molecule has 2 rings (SSSR count). The summed E-state index contributed by atoms with van der Waals surface area (Å²) in [6.45, 7) is 0.874. The van der Waals surface area contributed by atoms with Crippen LogP contribution in [0.25, 0.3) is 0 Å². The molecule has 12 heteroatoms. The first-order chi connectivity index (χ1) is 20.1. The van der Waals surface area contributed by atoms with Gasteiger partial charge in [-0.1, -0.05) is 48.9 Å². The highest BCUT2D eigenvalue weighted by Crippen LogP contribution is 2.13. The number of amides is 3. The van der Waals surface area contributed by atoms with Crippen LogP contribution in [0.5, 0.6) is 5.75 Å². The lowest BCUT2D eigenvalue weighted by molar-refractivity contribution is -0.142. The standard InChI is InChI=1S/C30H44N6O6/c31-16-6-4-10-23(33)27(38)35-25(18-20-8-2-1-3-9-20)29(40)36-26(19-21-12-14-22(37)15-13-21)28(39)34-24(30(41)42)11-5-7-17-32/h1-3,8-9,12-15,23-26,37H,4-7,10-11,16-19,31-33H2,(H,34,39)(H,35,38)(H,36,40)(H,41,42). The number of benzene rings is 2. The Bertz CT molecular complexity index is 1130. The Hall–Kier alpha value is -4.00. The number of phenolic OH excluding ortho intramolecular Hbond substituents is 1. The number of aliphatic carboxylic acids is 1. The maximum atomic E-state index is 13.6. The number of hydrogen-bond acceptors (Lipinski definition) is 8. The van der Waals surface area contributed by atoms with Gasteiger partial charge >= 0.3 is 5.97 Å². The maximum Gasteiger partial charge on any atom is 0.326 e. The van der Waals surface area contributed by atoms with Crippen molar-refractivity contribution in [3.63, 3.8) is 0 Å². The van der Waals surface area contributed by atoms with Crippen molar-refractivity contribution in [3.8, 4) is 5.75 Å². The van der Waals surface area contributed by atoms with E-state index in [-0.39, 0.29) is 25.0 Å². The van der Waals surface area contributed by atoms with Crippen LogP contribution in [0.2, 0.25) is 0 Å². The number of carboxylic acids is 1. The predicted molar refractivity (Wildman–Crippen MR) is 159 cm³/mol. The van der Waals surface area contributed by atoms with Crippen molar-refractivity contribution in [2.24, 2.45) is 17.2 Å². The summed E-state index contributed by atoms with van der Waals surface area (Å²) < 4.78 is 0. The zero-order valence-corrected chi connectivity index (χ0v) is 23.8. The fraction of sp³-hybridized carbons (Fsp3) is 0.467. The molecule has 0 aromatic heterocycles. The largest absolute Gasteiger partial charge is 0.508 e. The summed E-state index contributed by atoms with van der Waals surface area (Å²) >= 11 is 0. The summed E-state index contributed by atoms with van der Waals surface area (Å²) in [5.74, 6) is -3.00. The van der Waals surface area contributed by atoms with Crippen LogP contribution in [0, 0.1) is 0 Å². The molecule has 2 aromatic rings. The molecular weight excluding hydrogens is 540 g/mol. The molecule has 0 bridgehead atoms. The number of aromatic hydroxyl groups is 1. The molecule has 4 unspecified atom stereocenters. The molecule has 0 spiro atoms. The monoisotopic (exact) mass is 584 g/mol. The Morgan fingerprint density at radius 1 is 0.643 bits per heavy atom. The smallest absolute Gasteiger partial charge is 0.326 e. The highest BCUT2D eigenvalue weighted by atomic mass is 16.4. The molecule has 230 valence electrons. The van der Waals surface area contributed by atoms with Crippen molar-refractivity contribution in [1.82, 2.24) is 16.0 Å². The molecular formula is C30H44N6O6. The number of carboxylic acid groups (broad SMARTS) is 1. The van der Waals surface area contributed by atoms with Gasteiger partial charge in [-0.05, 0) is 68.5 Å². The third kappa shape index (κ3) is 12.2. The Morgan fingerprint density at radius 3 is 1.64 bits per heavy atom. The van der Waals surface area contributed by atoms with Gasteiger partial charge in [0, 0.05) is 12.8 Å². The number of hydrogen-bond donors (Lipinski definition) is 8. The number of carbonyl (C=O) groups excluding carboxylic acids is 3. The SMILES string of the molecule is NCCCCC(N)C(=O)NC(Cc1ccccc1)C(=O)NC(Cc1ccc(O)cc1)C(=O)NC(CCCCN)C(=O)O. The quantitative estimate of drug-likeness (QED) is 0.106. The maximum absolute atomic E-state index is 13.6. The van der Waals surface area contributed by atoms with Crippen LogP contribution in [-0.4, -0.2) is 71.2 Å². The minimum atomic E-state index is -1.20. The van der Waals surface area contributed by atoms with Crippen LogP contribution in [0.3, 0.4) is 0 Å². The molecule has 0 saturated heterocycles. The van der Waals surface area contributed by atoms with Crippen molar-refractivity contribution in [2.45, 2.75) is 75.5 Å². The number of carbonyl (C=O) groups is 4. The van der Waals surface area contributed by atoms with Gasteiger partial charge in [0.05, 0.1) is 6.04 Å². The minimum Gasteiger partial charge on any atom is -0.508 e. The van der Waals surface area contributed by atoms with Crippen LogP contribution in [0.15, 0.2) is 54.6 Å². The lowest BCUT2D eigenvalue weighted by Crippen LogP contribution is -2.58. The second kappa shape index (κ2) is 18.4. The molecule has 12 nitrogen and oxygen atoms in total. The Labute approximate surface area is 246 Å². The van der Waals surface area contributed by atoms with E-state index in [1.165, 1.54) is 12.1 Å². The summed E-state index contributed by atoms with van der Waals surface area (Å²) in [5.41, 5.74) is 18.5. The highest BCUT2D eigenvalue weighted by Gasteiger charge is 2.30. The van der Waals surface area contributed by atoms with E-state index in [0.717, 1.165) is 5.56 Å². The van der Waals surface area contributed by atoms with E-state index in [1.807, 2.05) is 30.3 Å². The van der Waals surface area contributed by atoms with Gasteiger partial charge < -0.3 is 43.4 Å². The Balaban J connectivity index is 2.27. The van der Waals surface area contributed by atoms with Crippen molar-refractivity contribution < 1.29 is 29.4 Å². The molecule has 0 heterocycles. The summed E-state index contributed by atoms with van der Waals surface area (Å²) in [6, 6.07) is 10.9. The molecule has 0 fully saturated rings. The fourth-order valence-corrected chi connectivity index (χ4v) is 4.35. The van der Waals surface area contributed by atoms with E-state index in [2.05, 4.69) is 16.0 Å². The summed E-state index contributed by atoms with van der Waals surface area (Å²) in [6.07, 6.45) is 3.19. The topological polar surface area (TPSA) is 223 Å². The fourth-order valence-electron chi connectivity index (χ4n) is 4.35. The predicted octanol–water partition coefficient (Wildman–Crippen LogP) is 0.302. The molecule has 2 aromatic carbocycles. The number of phenols is 1. The van der Waals surface area contributed by atoms with Crippen LogP contribution in [0.4, 0.5) is 0 Å². The molecule has 0 aliphatic rings. The first-order valence-corrected chi connectivity index (χ1v) is 14.3. The van der Waals surface area contributed by atoms with E-state index >= 15 is 0 Å². The van der Waals surface area contributed by atoms with Crippen LogP contribution in [-0.2, 0) is 32.0 Å². The molecule has 0 saturated carbocycles. The summed E-state index contributed by atoms with van der Waals surface area (Å²) in [7, 11) is 0. The van der Waals surface area contributed by atoms with Gasteiger partial charge in [-0.25, -0.2) is 4.79 Å². The molecule has 11 N–H and O–H groups in total. The Kier molecular flexibility index (Phi) is 15.0. The summed E-state index contributed by atoms with van der Waals surface area (Å²) in [4.78, 5) is 51.7. The molecule has 0 aliphatic heterocycles. The van der Waals surface area contributed by atoms with E-state index in [4.69, 9.17) is 17.2 Å². The van der Waals surface area contributed by atoms with Gasteiger partial charge in [0.2, 0.25) is 17.7 Å². The lowest BCUT2D eigenvalue weighted by atomic mass is 10.0. The van der Waals surface area contributed by atoms with Crippen molar-refractivity contribution >= 4 is 23.7 Å². The third-order valence-electron chi connectivity index (χ3n) is 6.79. The summed E-state index contributed by atoms with van der Waals surface area (Å²) in [5, 5.41) is 27.3. The van der Waals surface area contributed by atoms with Crippen molar-refractivity contribution in [3.05, 3.63) is 65.7 Å². The van der Waals surface area contributed by atoms with Crippen LogP contribution < -0.4 is 33.2 Å². The molecule has 4 atom stereocenters. The van der Waals surface area contributed by atoms with E-state index in [0.29, 0.717) is 50.8 Å². The Morgan fingerprint density at radius 2 is 1.12 bits per heavy atom. The number of nitrogens with two attached hydrogens (primary N) is 3. The average molecular weight is 585 g/mol. The van der Waals surface area contributed by atoms with Gasteiger partial charge in [-0.2, -0.15) is 0 Å². The van der Waals surface area contributed by atoms with Gasteiger partial charge in [-0.15, -0.1) is 0 Å². The normalized spacial score (nSPS) is 13.8. The first kappa shape index (κ1) is 34.2. The minimum absolute atomic E-state index is 0.0115. The lowest BCUT2D eigenvalue weighted by Gasteiger charge is -2.25. The van der Waals surface area contributed by atoms with E-state index in [1.54, 1.807) is 12.1 Å². The highest BCUT2D eigenvalue weighted by molar-refractivity contribution is 5.94. The number of unbranched alkanes of at least 4 members (excludes halogenated alkanes) is 2. The molecule has 42 heavy (non-hydrogen) atoms. The second-order valence-corrected chi connectivity index (χ2v) is 10.3. The third-order valence-corrected chi connectivity index (χ3v) is 6.79. The van der Waals surface area contributed by atoms with E-state index in [9.17, 15) is 29.4 Å². The van der Waals surface area contributed by atoms with Crippen LogP contribution in [0.1, 0.15) is 49.7 Å². The van der Waals surface area contributed by atoms with Gasteiger partial charge in [0.15, 0.2) is 0 Å². The first-order valence-electron chi connectivity index (χ1n) is 14.3. The van der Waals surface area contributed by atoms with E-state index < -0.39 is 47.9 Å². The van der Waals surface area contributed by atoms with Gasteiger partial charge in [0.25, 0.3) is 0 Å². The van der Waals surface area contributed by atoms with Crippen molar-refractivity contribution in [2.75, 3.05) is 13.1 Å². The zero-order chi connectivity index (χ0) is 30.9. The van der Waals surface area contributed by atoms with Gasteiger partial charge in [0.1, 0.15) is 23.9 Å². The molecule has 0 aliphatic carbocycles. The second-order valence-electron chi connectivity index (χ2n) is 10.3. The molecule has 3 amide bonds. The molecule has 0 radical (unpaired) electrons. The van der Waals surface area contributed by atoms with Crippen LogP contribution >= 0.6 is 0 Å². The van der Waals surface area contributed by atoms with Crippen molar-refractivity contribution in [1.29, 1.82) is 0 Å². The zero-order valence-electron chi connectivity index (χ0n) is 23.8. The number of rotatable bonds is 19. The number of nitrogens with one attached hydrogen (secondary N) is 3. The average Bonchev–Trinajstić information content (AvgIpc) is 2.97. The van der Waals surface area contributed by atoms with Gasteiger partial charge in [-0.3, -0.25) is 14.4 Å².